The summed E-state index contributed by atoms with van der Waals surface area (Å²) in [6, 6.07) is 0. The fourth-order valence-corrected chi connectivity index (χ4v) is 3.94. The third-order valence-corrected chi connectivity index (χ3v) is 5.05. The Morgan fingerprint density at radius 2 is 2.06 bits per heavy atom. The molecule has 1 spiro atoms. The van der Waals surface area contributed by atoms with E-state index in [1.165, 1.54) is 32.1 Å². The third kappa shape index (κ3) is 2.89. The van der Waals surface area contributed by atoms with E-state index < -0.39 is 5.60 Å². The van der Waals surface area contributed by atoms with Gasteiger partial charge in [-0.15, -0.1) is 0 Å². The van der Waals surface area contributed by atoms with E-state index in [2.05, 4.69) is 6.92 Å². The van der Waals surface area contributed by atoms with Gasteiger partial charge in [-0.25, -0.2) is 0 Å². The molecule has 18 heavy (non-hydrogen) atoms. The lowest BCUT2D eigenvalue weighted by molar-refractivity contribution is -0.155. The number of hydrogen-bond acceptors (Lipinski definition) is 3. The van der Waals surface area contributed by atoms with Gasteiger partial charge in [0.15, 0.2) is 0 Å². The van der Waals surface area contributed by atoms with Crippen LogP contribution in [0.25, 0.3) is 0 Å². The molecule has 2 aliphatic rings. The molecule has 1 saturated carbocycles. The van der Waals surface area contributed by atoms with Gasteiger partial charge in [0.25, 0.3) is 0 Å². The summed E-state index contributed by atoms with van der Waals surface area (Å²) in [5.41, 5.74) is 5.25. The SMILES string of the molecule is CCCC(O)(CN)C1CCOC2(CCCCC2)C1. The van der Waals surface area contributed by atoms with Gasteiger partial charge >= 0.3 is 0 Å². The standard InChI is InChI=1S/C15H29NO2/c1-2-7-15(17,12-16)13-6-10-18-14(11-13)8-4-3-5-9-14/h13,17H,2-12,16H2,1H3. The van der Waals surface area contributed by atoms with Crippen molar-refractivity contribution in [2.45, 2.75) is 75.9 Å². The summed E-state index contributed by atoms with van der Waals surface area (Å²) in [4.78, 5) is 0. The van der Waals surface area contributed by atoms with E-state index in [0.29, 0.717) is 12.5 Å². The molecule has 0 aromatic rings. The van der Waals surface area contributed by atoms with E-state index in [1.807, 2.05) is 0 Å². The van der Waals surface area contributed by atoms with Gasteiger partial charge in [0.1, 0.15) is 0 Å². The molecular weight excluding hydrogens is 226 g/mol. The highest BCUT2D eigenvalue weighted by atomic mass is 16.5. The van der Waals surface area contributed by atoms with E-state index in [-0.39, 0.29) is 5.60 Å². The Kier molecular flexibility index (Phi) is 4.68. The zero-order valence-electron chi connectivity index (χ0n) is 11.8. The fraction of sp³-hybridized carbons (Fsp3) is 1.00. The smallest absolute Gasteiger partial charge is 0.0799 e. The third-order valence-electron chi connectivity index (χ3n) is 5.05. The summed E-state index contributed by atoms with van der Waals surface area (Å²) < 4.78 is 6.10. The van der Waals surface area contributed by atoms with E-state index in [1.54, 1.807) is 0 Å². The Hall–Kier alpha value is -0.120. The Balaban J connectivity index is 2.04. The summed E-state index contributed by atoms with van der Waals surface area (Å²) in [7, 11) is 0. The Morgan fingerprint density at radius 1 is 1.33 bits per heavy atom. The first-order valence-electron chi connectivity index (χ1n) is 7.70. The van der Waals surface area contributed by atoms with Crippen molar-refractivity contribution in [3.05, 3.63) is 0 Å². The van der Waals surface area contributed by atoms with Crippen LogP contribution in [-0.2, 0) is 4.74 Å². The number of rotatable bonds is 4. The van der Waals surface area contributed by atoms with Gasteiger partial charge in [-0.05, 0) is 38.0 Å². The second kappa shape index (κ2) is 5.89. The molecule has 1 aliphatic heterocycles. The van der Waals surface area contributed by atoms with Gasteiger partial charge in [0.05, 0.1) is 11.2 Å². The minimum Gasteiger partial charge on any atom is -0.388 e. The van der Waals surface area contributed by atoms with Crippen LogP contribution < -0.4 is 5.73 Å². The molecule has 0 aromatic heterocycles. The summed E-state index contributed by atoms with van der Waals surface area (Å²) in [6.45, 7) is 3.31. The van der Waals surface area contributed by atoms with Crippen LogP contribution in [0.3, 0.4) is 0 Å². The average Bonchev–Trinajstić information content (AvgIpc) is 2.40. The zero-order valence-corrected chi connectivity index (χ0v) is 11.8. The van der Waals surface area contributed by atoms with Crippen LogP contribution in [0.15, 0.2) is 0 Å². The monoisotopic (exact) mass is 255 g/mol. The second-order valence-corrected chi connectivity index (χ2v) is 6.34. The Morgan fingerprint density at radius 3 is 2.67 bits per heavy atom. The Labute approximate surface area is 111 Å². The van der Waals surface area contributed by atoms with Crippen molar-refractivity contribution in [1.29, 1.82) is 0 Å². The second-order valence-electron chi connectivity index (χ2n) is 6.34. The van der Waals surface area contributed by atoms with E-state index in [9.17, 15) is 5.11 Å². The highest BCUT2D eigenvalue weighted by Gasteiger charge is 2.45. The van der Waals surface area contributed by atoms with Crippen LogP contribution in [0.2, 0.25) is 0 Å². The lowest BCUT2D eigenvalue weighted by Gasteiger charge is -2.48. The van der Waals surface area contributed by atoms with Gasteiger partial charge in [0, 0.05) is 13.2 Å². The van der Waals surface area contributed by atoms with Crippen LogP contribution in [0, 0.1) is 5.92 Å². The molecule has 3 N–H and O–H groups in total. The Bertz CT molecular complexity index is 258. The number of hydrogen-bond donors (Lipinski definition) is 2. The molecule has 1 saturated heterocycles. The summed E-state index contributed by atoms with van der Waals surface area (Å²) in [5, 5.41) is 10.8. The topological polar surface area (TPSA) is 55.5 Å². The molecule has 2 fully saturated rings. The van der Waals surface area contributed by atoms with Crippen LogP contribution in [0.4, 0.5) is 0 Å². The van der Waals surface area contributed by atoms with Gasteiger partial charge in [-0.1, -0.05) is 32.6 Å². The fourth-order valence-electron chi connectivity index (χ4n) is 3.94. The van der Waals surface area contributed by atoms with E-state index >= 15 is 0 Å². The maximum absolute atomic E-state index is 10.8. The largest absolute Gasteiger partial charge is 0.388 e. The summed E-state index contributed by atoms with van der Waals surface area (Å²) in [5.74, 6) is 0.328. The maximum atomic E-state index is 10.8. The molecule has 2 unspecified atom stereocenters. The predicted molar refractivity (Wildman–Crippen MR) is 73.4 cm³/mol. The van der Waals surface area contributed by atoms with E-state index in [0.717, 1.165) is 32.3 Å². The molecule has 3 heteroatoms. The molecular formula is C15H29NO2. The van der Waals surface area contributed by atoms with Crippen molar-refractivity contribution in [2.24, 2.45) is 11.7 Å². The molecule has 0 aromatic carbocycles. The van der Waals surface area contributed by atoms with Crippen molar-refractivity contribution in [2.75, 3.05) is 13.2 Å². The first-order chi connectivity index (χ1) is 8.64. The molecule has 1 heterocycles. The predicted octanol–water partition coefficient (Wildman–Crippen LogP) is 2.61. The summed E-state index contributed by atoms with van der Waals surface area (Å²) >= 11 is 0. The molecule has 0 amide bonds. The minimum absolute atomic E-state index is 0.0675. The highest BCUT2D eigenvalue weighted by Crippen LogP contribution is 2.44. The maximum Gasteiger partial charge on any atom is 0.0799 e. The summed E-state index contributed by atoms with van der Waals surface area (Å²) in [6.07, 6.45) is 10.1. The van der Waals surface area contributed by atoms with Crippen molar-refractivity contribution < 1.29 is 9.84 Å². The average molecular weight is 255 g/mol. The number of aliphatic hydroxyl groups is 1. The van der Waals surface area contributed by atoms with Gasteiger partial charge < -0.3 is 15.6 Å². The van der Waals surface area contributed by atoms with E-state index in [4.69, 9.17) is 10.5 Å². The number of nitrogens with two attached hydrogens (primary N) is 1. The van der Waals surface area contributed by atoms with Gasteiger partial charge in [0.2, 0.25) is 0 Å². The molecule has 106 valence electrons. The van der Waals surface area contributed by atoms with Crippen molar-refractivity contribution in [1.82, 2.24) is 0 Å². The zero-order chi connectivity index (χ0) is 13.1. The molecule has 0 bridgehead atoms. The molecule has 2 atom stereocenters. The molecule has 3 nitrogen and oxygen atoms in total. The normalized spacial score (nSPS) is 31.2. The van der Waals surface area contributed by atoms with Crippen LogP contribution >= 0.6 is 0 Å². The quantitative estimate of drug-likeness (QED) is 0.812. The molecule has 2 rings (SSSR count). The number of ether oxygens (including phenoxy) is 1. The van der Waals surface area contributed by atoms with Crippen molar-refractivity contribution >= 4 is 0 Å². The van der Waals surface area contributed by atoms with Gasteiger partial charge in [-0.3, -0.25) is 0 Å². The minimum atomic E-state index is -0.664. The van der Waals surface area contributed by atoms with Crippen LogP contribution in [0.5, 0.6) is 0 Å². The lowest BCUT2D eigenvalue weighted by Crippen LogP contribution is -2.52. The lowest BCUT2D eigenvalue weighted by atomic mass is 9.69. The first kappa shape index (κ1) is 14.3. The highest BCUT2D eigenvalue weighted by molar-refractivity contribution is 4.97. The van der Waals surface area contributed by atoms with Crippen molar-refractivity contribution in [3.63, 3.8) is 0 Å². The first-order valence-corrected chi connectivity index (χ1v) is 7.70. The van der Waals surface area contributed by atoms with Crippen LogP contribution in [-0.4, -0.2) is 29.5 Å². The van der Waals surface area contributed by atoms with Crippen LogP contribution in [0.1, 0.15) is 64.7 Å². The molecule has 0 radical (unpaired) electrons. The molecule has 1 aliphatic carbocycles. The van der Waals surface area contributed by atoms with Crippen molar-refractivity contribution in [3.8, 4) is 0 Å². The van der Waals surface area contributed by atoms with Gasteiger partial charge in [-0.2, -0.15) is 0 Å².